The highest BCUT2D eigenvalue weighted by atomic mass is 14.8. The van der Waals surface area contributed by atoms with Gasteiger partial charge in [0, 0.05) is 0 Å². The minimum atomic E-state index is 0.729. The Morgan fingerprint density at radius 2 is 1.79 bits per heavy atom. The number of hydrogen-bond donors (Lipinski definition) is 1. The van der Waals surface area contributed by atoms with E-state index in [2.05, 4.69) is 25.4 Å². The van der Waals surface area contributed by atoms with Crippen molar-refractivity contribution in [3.63, 3.8) is 0 Å². The Balaban J connectivity index is 2.02. The first kappa shape index (κ1) is 16.5. The van der Waals surface area contributed by atoms with Crippen molar-refractivity contribution in [2.75, 3.05) is 13.1 Å². The van der Waals surface area contributed by atoms with Crippen LogP contribution in [0.3, 0.4) is 0 Å². The highest BCUT2D eigenvalue weighted by Crippen LogP contribution is 2.31. The molecule has 1 aliphatic rings. The predicted octanol–water partition coefficient (Wildman–Crippen LogP) is 5.24. The Hall–Kier alpha value is -0.560. The quantitative estimate of drug-likeness (QED) is 0.341. The lowest BCUT2D eigenvalue weighted by atomic mass is 9.92. The average molecular weight is 263 g/mol. The van der Waals surface area contributed by atoms with E-state index in [4.69, 9.17) is 0 Å². The Kier molecular flexibility index (Phi) is 8.90. The molecule has 0 spiro atoms. The smallest absolute Gasteiger partial charge is 0.00432 e. The molecular formula is C18H33N. The van der Waals surface area contributed by atoms with Crippen molar-refractivity contribution in [1.29, 1.82) is 0 Å². The van der Waals surface area contributed by atoms with Gasteiger partial charge >= 0.3 is 0 Å². The van der Waals surface area contributed by atoms with E-state index in [1.54, 1.807) is 0 Å². The fourth-order valence-corrected chi connectivity index (χ4v) is 2.85. The summed E-state index contributed by atoms with van der Waals surface area (Å²) in [4.78, 5) is 0. The van der Waals surface area contributed by atoms with Crippen LogP contribution in [0.1, 0.15) is 71.1 Å². The Labute approximate surface area is 120 Å². The molecule has 1 saturated carbocycles. The molecule has 1 aliphatic carbocycles. The van der Waals surface area contributed by atoms with Crippen LogP contribution < -0.4 is 5.32 Å². The van der Waals surface area contributed by atoms with Crippen molar-refractivity contribution in [2.45, 2.75) is 71.1 Å². The summed E-state index contributed by atoms with van der Waals surface area (Å²) in [5.41, 5.74) is 2.89. The van der Waals surface area contributed by atoms with E-state index in [1.807, 2.05) is 0 Å². The Morgan fingerprint density at radius 3 is 2.58 bits per heavy atom. The molecule has 0 aromatic heterocycles. The third-order valence-electron chi connectivity index (χ3n) is 4.35. The van der Waals surface area contributed by atoms with E-state index in [9.17, 15) is 0 Å². The van der Waals surface area contributed by atoms with Gasteiger partial charge in [-0.05, 0) is 57.5 Å². The molecule has 1 fully saturated rings. The predicted molar refractivity (Wildman–Crippen MR) is 86.5 cm³/mol. The SMILES string of the molecule is C=C1CCC(=C)C(CCNCCCCCCC)CC1. The van der Waals surface area contributed by atoms with Crippen LogP contribution >= 0.6 is 0 Å². The second kappa shape index (κ2) is 10.3. The number of rotatable bonds is 9. The summed E-state index contributed by atoms with van der Waals surface area (Å²) in [6, 6.07) is 0. The van der Waals surface area contributed by atoms with Gasteiger partial charge in [0.05, 0.1) is 0 Å². The van der Waals surface area contributed by atoms with Crippen LogP contribution in [0.25, 0.3) is 0 Å². The molecular weight excluding hydrogens is 230 g/mol. The van der Waals surface area contributed by atoms with Crippen molar-refractivity contribution in [1.82, 2.24) is 5.32 Å². The molecule has 1 N–H and O–H groups in total. The molecule has 1 rings (SSSR count). The van der Waals surface area contributed by atoms with Gasteiger partial charge in [0.25, 0.3) is 0 Å². The standard InChI is InChI=1S/C18H33N/c1-4-5-6-7-8-14-19-15-13-18-12-10-16(2)9-11-17(18)3/h18-19H,2-15H2,1H3. The van der Waals surface area contributed by atoms with Crippen LogP contribution in [0.2, 0.25) is 0 Å². The van der Waals surface area contributed by atoms with Gasteiger partial charge in [-0.25, -0.2) is 0 Å². The van der Waals surface area contributed by atoms with E-state index in [1.165, 1.54) is 81.9 Å². The van der Waals surface area contributed by atoms with E-state index < -0.39 is 0 Å². The lowest BCUT2D eigenvalue weighted by molar-refractivity contribution is 0.486. The van der Waals surface area contributed by atoms with Gasteiger partial charge < -0.3 is 5.32 Å². The molecule has 0 aromatic rings. The van der Waals surface area contributed by atoms with Crippen LogP contribution in [0.5, 0.6) is 0 Å². The zero-order valence-corrected chi connectivity index (χ0v) is 13.0. The first-order valence-electron chi connectivity index (χ1n) is 8.29. The third kappa shape index (κ3) is 7.57. The fraction of sp³-hybridized carbons (Fsp3) is 0.778. The van der Waals surface area contributed by atoms with Gasteiger partial charge in [0.15, 0.2) is 0 Å². The normalized spacial score (nSPS) is 20.6. The van der Waals surface area contributed by atoms with Crippen LogP contribution in [0.4, 0.5) is 0 Å². The maximum atomic E-state index is 4.27. The van der Waals surface area contributed by atoms with Crippen LogP contribution in [-0.2, 0) is 0 Å². The maximum Gasteiger partial charge on any atom is -0.00432 e. The summed E-state index contributed by atoms with van der Waals surface area (Å²) in [5.74, 6) is 0.729. The van der Waals surface area contributed by atoms with Gasteiger partial charge in [0.1, 0.15) is 0 Å². The summed E-state index contributed by atoms with van der Waals surface area (Å²) in [6.07, 6.45) is 12.9. The van der Waals surface area contributed by atoms with E-state index in [0.29, 0.717) is 0 Å². The molecule has 0 saturated heterocycles. The van der Waals surface area contributed by atoms with Gasteiger partial charge in [-0.2, -0.15) is 0 Å². The fourth-order valence-electron chi connectivity index (χ4n) is 2.85. The number of unbranched alkanes of at least 4 members (excludes halogenated alkanes) is 4. The molecule has 0 bridgehead atoms. The minimum Gasteiger partial charge on any atom is -0.317 e. The lowest BCUT2D eigenvalue weighted by Crippen LogP contribution is -2.19. The molecule has 0 amide bonds. The second-order valence-electron chi connectivity index (χ2n) is 6.10. The summed E-state index contributed by atoms with van der Waals surface area (Å²) < 4.78 is 0. The summed E-state index contributed by atoms with van der Waals surface area (Å²) in [5, 5.41) is 3.60. The molecule has 1 heteroatoms. The molecule has 110 valence electrons. The molecule has 1 nitrogen and oxygen atoms in total. The van der Waals surface area contributed by atoms with E-state index in [-0.39, 0.29) is 0 Å². The molecule has 19 heavy (non-hydrogen) atoms. The zero-order chi connectivity index (χ0) is 13.9. The van der Waals surface area contributed by atoms with Crippen LogP contribution in [-0.4, -0.2) is 13.1 Å². The third-order valence-corrected chi connectivity index (χ3v) is 4.35. The van der Waals surface area contributed by atoms with Crippen molar-refractivity contribution in [2.24, 2.45) is 5.92 Å². The number of allylic oxidation sites excluding steroid dienone is 2. The van der Waals surface area contributed by atoms with Crippen molar-refractivity contribution >= 4 is 0 Å². The van der Waals surface area contributed by atoms with Gasteiger partial charge in [0.2, 0.25) is 0 Å². The van der Waals surface area contributed by atoms with Gasteiger partial charge in [-0.15, -0.1) is 0 Å². The summed E-state index contributed by atoms with van der Waals surface area (Å²) in [7, 11) is 0. The molecule has 0 heterocycles. The van der Waals surface area contributed by atoms with Crippen LogP contribution in [0.15, 0.2) is 24.3 Å². The maximum absolute atomic E-state index is 4.27. The summed E-state index contributed by atoms with van der Waals surface area (Å²) in [6.45, 7) is 13.0. The zero-order valence-electron chi connectivity index (χ0n) is 13.0. The first-order valence-corrected chi connectivity index (χ1v) is 8.29. The van der Waals surface area contributed by atoms with Gasteiger partial charge in [-0.1, -0.05) is 56.9 Å². The van der Waals surface area contributed by atoms with Crippen molar-refractivity contribution in [3.05, 3.63) is 24.3 Å². The topological polar surface area (TPSA) is 12.0 Å². The monoisotopic (exact) mass is 263 g/mol. The van der Waals surface area contributed by atoms with Crippen molar-refractivity contribution < 1.29 is 0 Å². The van der Waals surface area contributed by atoms with Crippen molar-refractivity contribution in [3.8, 4) is 0 Å². The molecule has 1 unspecified atom stereocenters. The number of nitrogens with one attached hydrogen (secondary N) is 1. The number of hydrogen-bond acceptors (Lipinski definition) is 1. The minimum absolute atomic E-state index is 0.729. The molecule has 0 radical (unpaired) electrons. The highest BCUT2D eigenvalue weighted by Gasteiger charge is 2.16. The van der Waals surface area contributed by atoms with E-state index >= 15 is 0 Å². The summed E-state index contributed by atoms with van der Waals surface area (Å²) >= 11 is 0. The lowest BCUT2D eigenvalue weighted by Gasteiger charge is -2.16. The van der Waals surface area contributed by atoms with Gasteiger partial charge in [-0.3, -0.25) is 0 Å². The largest absolute Gasteiger partial charge is 0.317 e. The average Bonchev–Trinajstić information content (AvgIpc) is 2.56. The Morgan fingerprint density at radius 1 is 1.00 bits per heavy atom. The molecule has 1 atom stereocenters. The van der Waals surface area contributed by atoms with Crippen LogP contribution in [0, 0.1) is 5.92 Å². The molecule has 0 aromatic carbocycles. The van der Waals surface area contributed by atoms with E-state index in [0.717, 1.165) is 12.5 Å². The first-order chi connectivity index (χ1) is 9.24. The molecule has 0 aliphatic heterocycles. The second-order valence-corrected chi connectivity index (χ2v) is 6.10. The highest BCUT2D eigenvalue weighted by molar-refractivity contribution is 5.10. The Bertz CT molecular complexity index is 267.